The second-order valence-electron chi connectivity index (χ2n) is 6.58. The molecule has 7 heteroatoms. The minimum atomic E-state index is -0.503. The Labute approximate surface area is 131 Å². The number of urea groups is 1. The number of esters is 1. The fraction of sp³-hybridized carbons (Fsp3) is 0.800. The predicted molar refractivity (Wildman–Crippen MR) is 82.2 cm³/mol. The van der Waals surface area contributed by atoms with Crippen LogP contribution in [0.1, 0.15) is 40.5 Å². The van der Waals surface area contributed by atoms with Crippen LogP contribution < -0.4 is 10.6 Å². The molecule has 1 aliphatic heterocycles. The van der Waals surface area contributed by atoms with E-state index in [-0.39, 0.29) is 24.3 Å². The standard InChI is InChI=1S/C15H27N3O4/c1-5-22-13(20)11-7-6-8-18(9-11)10-12(19)16-14(21)17-15(2,3)4/h11H,5-10H2,1-4H3,(H2,16,17,19,21)/t11-/m0/s1. The second kappa shape index (κ2) is 8.12. The van der Waals surface area contributed by atoms with E-state index in [9.17, 15) is 14.4 Å². The number of nitrogens with zero attached hydrogens (tertiary/aromatic N) is 1. The molecule has 0 spiro atoms. The number of carbonyl (C=O) groups excluding carboxylic acids is 3. The highest BCUT2D eigenvalue weighted by Gasteiger charge is 2.28. The van der Waals surface area contributed by atoms with Crippen LogP contribution >= 0.6 is 0 Å². The molecule has 1 heterocycles. The maximum absolute atomic E-state index is 11.9. The summed E-state index contributed by atoms with van der Waals surface area (Å²) in [5.41, 5.74) is -0.398. The number of likely N-dealkylation sites (tertiary alicyclic amines) is 1. The molecule has 7 nitrogen and oxygen atoms in total. The zero-order valence-electron chi connectivity index (χ0n) is 13.9. The van der Waals surface area contributed by atoms with Gasteiger partial charge in [0.15, 0.2) is 0 Å². The lowest BCUT2D eigenvalue weighted by atomic mass is 9.98. The summed E-state index contributed by atoms with van der Waals surface area (Å²) in [6.07, 6.45) is 1.62. The van der Waals surface area contributed by atoms with Gasteiger partial charge >= 0.3 is 12.0 Å². The third-order valence-corrected chi connectivity index (χ3v) is 3.23. The number of carbonyl (C=O) groups is 3. The van der Waals surface area contributed by atoms with E-state index in [1.165, 1.54) is 0 Å². The largest absolute Gasteiger partial charge is 0.466 e. The lowest BCUT2D eigenvalue weighted by Gasteiger charge is -2.30. The van der Waals surface area contributed by atoms with Crippen molar-refractivity contribution in [2.75, 3.05) is 26.2 Å². The van der Waals surface area contributed by atoms with Crippen LogP contribution in [0, 0.1) is 5.92 Å². The van der Waals surface area contributed by atoms with Gasteiger partial charge in [0.1, 0.15) is 0 Å². The van der Waals surface area contributed by atoms with E-state index in [0.717, 1.165) is 19.4 Å². The van der Waals surface area contributed by atoms with Gasteiger partial charge in [-0.2, -0.15) is 0 Å². The van der Waals surface area contributed by atoms with Crippen molar-refractivity contribution in [3.05, 3.63) is 0 Å². The molecule has 1 atom stereocenters. The maximum Gasteiger partial charge on any atom is 0.321 e. The summed E-state index contributed by atoms with van der Waals surface area (Å²) in [5.74, 6) is -0.769. The topological polar surface area (TPSA) is 87.7 Å². The van der Waals surface area contributed by atoms with Crippen molar-refractivity contribution in [2.24, 2.45) is 5.92 Å². The Morgan fingerprint density at radius 2 is 1.95 bits per heavy atom. The molecular weight excluding hydrogens is 286 g/mol. The number of piperidine rings is 1. The molecule has 1 rings (SSSR count). The molecule has 0 radical (unpaired) electrons. The van der Waals surface area contributed by atoms with Crippen molar-refractivity contribution >= 4 is 17.9 Å². The van der Waals surface area contributed by atoms with Crippen LogP contribution in [0.3, 0.4) is 0 Å². The highest BCUT2D eigenvalue weighted by atomic mass is 16.5. The maximum atomic E-state index is 11.9. The Morgan fingerprint density at radius 1 is 1.27 bits per heavy atom. The van der Waals surface area contributed by atoms with E-state index < -0.39 is 11.6 Å². The minimum Gasteiger partial charge on any atom is -0.466 e. The first-order valence-electron chi connectivity index (χ1n) is 7.72. The van der Waals surface area contributed by atoms with Gasteiger partial charge < -0.3 is 10.1 Å². The molecule has 0 saturated carbocycles. The van der Waals surface area contributed by atoms with Crippen molar-refractivity contribution < 1.29 is 19.1 Å². The van der Waals surface area contributed by atoms with E-state index in [1.54, 1.807) is 6.92 Å². The minimum absolute atomic E-state index is 0.105. The Bertz CT molecular complexity index is 418. The van der Waals surface area contributed by atoms with Crippen LogP contribution in [-0.4, -0.2) is 54.6 Å². The zero-order valence-corrected chi connectivity index (χ0v) is 13.9. The lowest BCUT2D eigenvalue weighted by Crippen LogP contribution is -2.51. The van der Waals surface area contributed by atoms with Crippen molar-refractivity contribution in [1.82, 2.24) is 15.5 Å². The third kappa shape index (κ3) is 6.89. The summed E-state index contributed by atoms with van der Waals surface area (Å²) in [4.78, 5) is 37.1. The molecule has 0 unspecified atom stereocenters. The quantitative estimate of drug-likeness (QED) is 0.753. The van der Waals surface area contributed by atoms with Gasteiger partial charge in [0.25, 0.3) is 0 Å². The normalized spacial score (nSPS) is 19.4. The van der Waals surface area contributed by atoms with Gasteiger partial charge in [-0.15, -0.1) is 0 Å². The summed E-state index contributed by atoms with van der Waals surface area (Å²) in [7, 11) is 0. The highest BCUT2D eigenvalue weighted by molar-refractivity contribution is 5.95. The molecule has 0 aromatic heterocycles. The van der Waals surface area contributed by atoms with Crippen LogP contribution in [0.25, 0.3) is 0 Å². The average molecular weight is 313 g/mol. The van der Waals surface area contributed by atoms with Gasteiger partial charge in [-0.3, -0.25) is 19.8 Å². The van der Waals surface area contributed by atoms with Gasteiger partial charge in [-0.05, 0) is 47.1 Å². The smallest absolute Gasteiger partial charge is 0.321 e. The SMILES string of the molecule is CCOC(=O)[C@H]1CCCN(CC(=O)NC(=O)NC(C)(C)C)C1. The Hall–Kier alpha value is -1.63. The van der Waals surface area contributed by atoms with Crippen LogP contribution in [0.5, 0.6) is 0 Å². The number of amides is 3. The second-order valence-corrected chi connectivity index (χ2v) is 6.58. The summed E-state index contributed by atoms with van der Waals surface area (Å²) in [6.45, 7) is 9.00. The van der Waals surface area contributed by atoms with Crippen LogP contribution in [0.2, 0.25) is 0 Å². The average Bonchev–Trinajstić information content (AvgIpc) is 2.36. The summed E-state index contributed by atoms with van der Waals surface area (Å²) < 4.78 is 5.02. The van der Waals surface area contributed by atoms with Gasteiger partial charge in [0, 0.05) is 12.1 Å². The molecule has 0 aromatic carbocycles. The number of rotatable bonds is 4. The van der Waals surface area contributed by atoms with Gasteiger partial charge in [-0.1, -0.05) is 0 Å². The Kier molecular flexibility index (Phi) is 6.80. The summed E-state index contributed by atoms with van der Waals surface area (Å²) >= 11 is 0. The first kappa shape index (κ1) is 18.4. The summed E-state index contributed by atoms with van der Waals surface area (Å²) in [6, 6.07) is -0.503. The van der Waals surface area contributed by atoms with E-state index in [1.807, 2.05) is 25.7 Å². The van der Waals surface area contributed by atoms with Crippen molar-refractivity contribution in [2.45, 2.75) is 46.1 Å². The van der Waals surface area contributed by atoms with E-state index in [0.29, 0.717) is 13.2 Å². The zero-order chi connectivity index (χ0) is 16.8. The Balaban J connectivity index is 2.41. The Morgan fingerprint density at radius 3 is 2.55 bits per heavy atom. The fourth-order valence-corrected chi connectivity index (χ4v) is 2.39. The van der Waals surface area contributed by atoms with Crippen molar-refractivity contribution in [3.8, 4) is 0 Å². The first-order chi connectivity index (χ1) is 10.2. The molecule has 0 aliphatic carbocycles. The van der Waals surface area contributed by atoms with Gasteiger partial charge in [-0.25, -0.2) is 4.79 Å². The molecule has 1 fully saturated rings. The third-order valence-electron chi connectivity index (χ3n) is 3.23. The highest BCUT2D eigenvalue weighted by Crippen LogP contribution is 2.17. The molecule has 0 aromatic rings. The van der Waals surface area contributed by atoms with E-state index >= 15 is 0 Å². The molecule has 1 saturated heterocycles. The number of hydrogen-bond donors (Lipinski definition) is 2. The molecular formula is C15H27N3O4. The number of imide groups is 1. The number of ether oxygens (including phenoxy) is 1. The van der Waals surface area contributed by atoms with Crippen LogP contribution in [0.4, 0.5) is 4.79 Å². The predicted octanol–water partition coefficient (Wildman–Crippen LogP) is 0.886. The number of hydrogen-bond acceptors (Lipinski definition) is 5. The molecule has 2 N–H and O–H groups in total. The molecule has 22 heavy (non-hydrogen) atoms. The van der Waals surface area contributed by atoms with Crippen LogP contribution in [-0.2, 0) is 14.3 Å². The van der Waals surface area contributed by atoms with Crippen molar-refractivity contribution in [1.29, 1.82) is 0 Å². The van der Waals surface area contributed by atoms with Gasteiger partial charge in [0.2, 0.25) is 5.91 Å². The van der Waals surface area contributed by atoms with Crippen LogP contribution in [0.15, 0.2) is 0 Å². The fourth-order valence-electron chi connectivity index (χ4n) is 2.39. The molecule has 3 amide bonds. The monoisotopic (exact) mass is 313 g/mol. The lowest BCUT2D eigenvalue weighted by molar-refractivity contribution is -0.150. The van der Waals surface area contributed by atoms with Crippen molar-refractivity contribution in [3.63, 3.8) is 0 Å². The molecule has 1 aliphatic rings. The first-order valence-corrected chi connectivity index (χ1v) is 7.72. The molecule has 126 valence electrons. The van der Waals surface area contributed by atoms with E-state index in [2.05, 4.69) is 10.6 Å². The number of nitrogens with one attached hydrogen (secondary N) is 2. The molecule has 0 bridgehead atoms. The van der Waals surface area contributed by atoms with E-state index in [4.69, 9.17) is 4.74 Å². The summed E-state index contributed by atoms with van der Waals surface area (Å²) in [5, 5.41) is 4.97. The van der Waals surface area contributed by atoms with Gasteiger partial charge in [0.05, 0.1) is 19.1 Å².